The number of ether oxygens (including phenoxy) is 10. The van der Waals surface area contributed by atoms with Gasteiger partial charge < -0.3 is 76.3 Å². The molecule has 22 heteroatoms. The molecule has 4 bridgehead atoms. The maximum atomic E-state index is 11.7. The first-order chi connectivity index (χ1) is 70.8. The molecule has 15 unspecified atom stereocenters. The molecule has 6 aromatic carbocycles. The Morgan fingerprint density at radius 3 is 0.938 bits per heavy atom. The van der Waals surface area contributed by atoms with Gasteiger partial charge in [-0.25, -0.2) is 0 Å². The number of hydrogen-bond donors (Lipinski definition) is 3. The lowest BCUT2D eigenvalue weighted by Gasteiger charge is -2.53. The van der Waals surface area contributed by atoms with Gasteiger partial charge in [0, 0.05) is 78.3 Å². The average Bonchev–Trinajstić information content (AvgIpc) is 1.53. The van der Waals surface area contributed by atoms with E-state index in [1.807, 2.05) is 0 Å². The number of benzene rings is 6. The van der Waals surface area contributed by atoms with Crippen molar-refractivity contribution in [2.24, 2.45) is 104 Å². The summed E-state index contributed by atoms with van der Waals surface area (Å²) in [4.78, 5) is 11.7. The Kier molecular flexibility index (Phi) is 33.7. The van der Waals surface area contributed by atoms with Gasteiger partial charge in [-0.3, -0.25) is 0 Å². The Bertz CT molecular complexity index is 5040. The van der Waals surface area contributed by atoms with E-state index in [1.54, 1.807) is 0 Å². The first-order valence-electron chi connectivity index (χ1n) is 55.6. The van der Waals surface area contributed by atoms with Crippen molar-refractivity contribution in [3.05, 3.63) is 243 Å². The largest absolute Gasteiger partial charge is 0.397 e. The third kappa shape index (κ3) is 20.3. The van der Waals surface area contributed by atoms with Crippen molar-refractivity contribution < 1.29 is 76.3 Å². The summed E-state index contributed by atoms with van der Waals surface area (Å²) in [6.07, 6.45) is 32.3. The molecule has 0 amide bonds. The standard InChI is InChI=1S/2C35H40O4Si.C18H26BrNO2.C18H27BrO3.C18H27NO3/c2*1-26-24-31(36)30-18-11-19-34(20-21-35(33(30)34)37-22-23-38-35)25-32(26)39-40(27-12-5-2-6-13-27,28-14-7-3-8-15-28)29-16-9-4-10-17-29;2*1-13(14(2)11-19)10-17-5-3-4-15(12-20)16(17)18(7-6-17)21-8-9-22-18;1-13(14(2)12-20)10-17-5-3-4-15(11-19)16(17)18(7-6-17)21-8-9-22-18/h2*2-10,12-17,30-33,36H,1,11,18-25H2;13,15-16H,2-11H2,1H3;12-13,15-16H,2-11H2,1H3;13,15-16,20H,2-10,12H2,1H3/t30?,31-,32+,33?,34?;30?,31-,32-,33?,34?;3*13-,15?,16?,17?/m10000/s1. The first kappa shape index (κ1) is 108. The number of aliphatic hydroxyl groups is 3. The van der Waals surface area contributed by atoms with E-state index in [0.29, 0.717) is 90.7 Å². The fraction of sp³-hybridized carbons (Fsp3) is 0.605. The average molecular weight is 2150 g/mol. The van der Waals surface area contributed by atoms with Crippen LogP contribution in [0.3, 0.4) is 0 Å². The molecular formula is C124H160Br2N2O16Si2. The zero-order valence-electron chi connectivity index (χ0n) is 86.9. The van der Waals surface area contributed by atoms with Crippen molar-refractivity contribution in [1.29, 1.82) is 10.5 Å². The molecule has 3 N–H and O–H groups in total. The maximum absolute atomic E-state index is 11.7. The molecule has 784 valence electrons. The van der Waals surface area contributed by atoms with Gasteiger partial charge >= 0.3 is 0 Å². The highest BCUT2D eigenvalue weighted by molar-refractivity contribution is 9.09. The summed E-state index contributed by atoms with van der Waals surface area (Å²) in [5.41, 5.74) is 5.90. The number of alkyl halides is 2. The van der Waals surface area contributed by atoms with Crippen molar-refractivity contribution in [2.45, 2.75) is 280 Å². The van der Waals surface area contributed by atoms with Gasteiger partial charge in [-0.1, -0.05) is 311 Å². The Labute approximate surface area is 888 Å². The van der Waals surface area contributed by atoms with Crippen molar-refractivity contribution in [2.75, 3.05) is 83.3 Å². The van der Waals surface area contributed by atoms with Crippen molar-refractivity contribution in [3.8, 4) is 12.1 Å². The number of nitrogens with zero attached hydrogens (tertiary/aromatic N) is 2. The molecule has 17 fully saturated rings. The molecule has 146 heavy (non-hydrogen) atoms. The van der Waals surface area contributed by atoms with Crippen LogP contribution in [-0.4, -0.2) is 175 Å². The van der Waals surface area contributed by atoms with Crippen LogP contribution < -0.4 is 31.1 Å². The molecule has 0 aromatic heterocycles. The van der Waals surface area contributed by atoms with Crippen LogP contribution >= 0.6 is 31.9 Å². The predicted molar refractivity (Wildman–Crippen MR) is 583 cm³/mol. The topological polar surface area (TPSA) is 236 Å². The molecule has 23 rings (SSSR count). The predicted octanol–water partition coefficient (Wildman–Crippen LogP) is 20.9. The minimum Gasteiger partial charge on any atom is -0.397 e. The number of halogens is 2. The fourth-order valence-electron chi connectivity index (χ4n) is 33.3. The minimum absolute atomic E-state index is 0.00642. The Morgan fingerprint density at radius 1 is 0.384 bits per heavy atom. The molecule has 5 heterocycles. The number of hydrogen-bond acceptors (Lipinski definition) is 18. The monoisotopic (exact) mass is 2150 g/mol. The molecule has 6 aromatic rings. The highest BCUT2D eigenvalue weighted by Gasteiger charge is 2.71. The zero-order chi connectivity index (χ0) is 102. The second kappa shape index (κ2) is 45.6. The molecule has 12 saturated carbocycles. The number of rotatable bonds is 23. The van der Waals surface area contributed by atoms with E-state index in [9.17, 15) is 30.6 Å². The SMILES string of the molecule is C=C(CBr)[C@@H](C)CC12CCCC(C#N)C1C1(CC2)OCCO1.C=C(CBr)[C@@H](C)CC12CCCC(C=O)C1C1(CC2)OCCO1.C=C(CO)[C@@H](C)CC12CCCC(C#N)C1C1(CC2)OCCO1.C=C1C[C@@H](O)C2CCCC3(CCC4(OCCO4)C23)C[C@@H]1O[Si](c1ccccc1)(c1ccccc1)c1ccccc1.C=C1C[C@H](O)C2CCCC3(CCC4(OCCO4)C23)C[C@@H]1O[Si](c1ccccc1)(c1ccccc1)c1ccccc1. The van der Waals surface area contributed by atoms with Crippen LogP contribution in [0.1, 0.15) is 226 Å². The van der Waals surface area contributed by atoms with Gasteiger partial charge in [0.2, 0.25) is 0 Å². The zero-order valence-corrected chi connectivity index (χ0v) is 92.0. The number of aliphatic hydroxyl groups excluding tert-OH is 3. The van der Waals surface area contributed by atoms with E-state index in [-0.39, 0.29) is 111 Å². The van der Waals surface area contributed by atoms with Gasteiger partial charge in [0.05, 0.1) is 121 Å². The summed E-state index contributed by atoms with van der Waals surface area (Å²) in [7, 11) is -5.89. The molecule has 5 saturated heterocycles. The first-order valence-corrected chi connectivity index (χ1v) is 61.7. The minimum atomic E-state index is -2.95. The second-order valence-corrected chi connectivity index (χ2v) is 54.8. The van der Waals surface area contributed by atoms with E-state index in [4.69, 9.17) is 56.2 Å². The molecule has 12 aliphatic carbocycles. The van der Waals surface area contributed by atoms with E-state index in [1.165, 1.54) is 61.4 Å². The van der Waals surface area contributed by atoms with E-state index in [2.05, 4.69) is 280 Å². The summed E-state index contributed by atoms with van der Waals surface area (Å²) in [5, 5.41) is 61.3. The molecule has 22 atom stereocenters. The van der Waals surface area contributed by atoms with Crippen LogP contribution in [-0.2, 0) is 61.0 Å². The summed E-state index contributed by atoms with van der Waals surface area (Å²) >= 11 is 7.07. The van der Waals surface area contributed by atoms with Crippen molar-refractivity contribution >= 4 is 85.9 Å². The van der Waals surface area contributed by atoms with Gasteiger partial charge in [0.25, 0.3) is 16.6 Å². The Morgan fingerprint density at radius 2 is 0.651 bits per heavy atom. The van der Waals surface area contributed by atoms with Crippen LogP contribution in [0.5, 0.6) is 0 Å². The summed E-state index contributed by atoms with van der Waals surface area (Å²) < 4.78 is 77.6. The molecule has 5 aliphatic heterocycles. The quantitative estimate of drug-likeness (QED) is 0.0178. The number of allylic oxidation sites excluding steroid dienone is 2. The lowest BCUT2D eigenvalue weighted by atomic mass is 9.56. The smallest absolute Gasteiger partial charge is 0.288 e. The van der Waals surface area contributed by atoms with E-state index < -0.39 is 57.8 Å². The number of carbonyl (C=O) groups excluding carboxylic acids is 1. The van der Waals surface area contributed by atoms with E-state index in [0.717, 1.165) is 207 Å². The fourth-order valence-corrected chi connectivity index (χ4v) is 42.5. The second-order valence-electron chi connectivity index (χ2n) is 47.1. The van der Waals surface area contributed by atoms with E-state index >= 15 is 0 Å². The van der Waals surface area contributed by atoms with Crippen LogP contribution in [0.4, 0.5) is 0 Å². The molecular weight excluding hydrogens is 1990 g/mol. The normalized spacial score (nSPS) is 34.3. The van der Waals surface area contributed by atoms with Gasteiger partial charge in [0.15, 0.2) is 28.9 Å². The van der Waals surface area contributed by atoms with Gasteiger partial charge in [-0.05, 0) is 246 Å². The third-order valence-electron chi connectivity index (χ3n) is 39.5. The van der Waals surface area contributed by atoms with Crippen LogP contribution in [0, 0.1) is 127 Å². The number of carbonyl (C=O) groups is 1. The number of fused-ring (bicyclic) bond motifs is 6. The molecule has 17 aliphatic rings. The molecule has 18 nitrogen and oxygen atoms in total. The number of aldehydes is 1. The summed E-state index contributed by atoms with van der Waals surface area (Å²) in [6, 6.07) is 69.8. The third-order valence-corrected chi connectivity index (χ3v) is 49.1. The lowest BCUT2D eigenvalue weighted by Crippen LogP contribution is -2.70. The molecule has 5 spiro atoms. The highest BCUT2D eigenvalue weighted by atomic mass is 79.9. The molecule has 0 radical (unpaired) electrons. The van der Waals surface area contributed by atoms with Gasteiger partial charge in [-0.2, -0.15) is 10.5 Å². The van der Waals surface area contributed by atoms with Crippen molar-refractivity contribution in [3.63, 3.8) is 0 Å². The lowest BCUT2D eigenvalue weighted by molar-refractivity contribution is -0.228. The summed E-state index contributed by atoms with van der Waals surface area (Å²) in [5.74, 6) is 0.100. The van der Waals surface area contributed by atoms with Crippen LogP contribution in [0.2, 0.25) is 0 Å². The number of nitriles is 2. The van der Waals surface area contributed by atoms with Crippen LogP contribution in [0.25, 0.3) is 0 Å². The van der Waals surface area contributed by atoms with Gasteiger partial charge in [-0.15, -0.1) is 0 Å². The maximum Gasteiger partial charge on any atom is 0.288 e. The van der Waals surface area contributed by atoms with Crippen molar-refractivity contribution in [1.82, 2.24) is 0 Å². The summed E-state index contributed by atoms with van der Waals surface area (Å²) in [6.45, 7) is 34.9. The highest BCUT2D eigenvalue weighted by Crippen LogP contribution is 2.71. The van der Waals surface area contributed by atoms with Crippen LogP contribution in [0.15, 0.2) is 243 Å². The van der Waals surface area contributed by atoms with Gasteiger partial charge in [0.1, 0.15) is 6.29 Å². The Balaban J connectivity index is 0.000000119. The Hall–Kier alpha value is -6.54.